The van der Waals surface area contributed by atoms with Gasteiger partial charge in [-0.05, 0) is 35.9 Å². The number of benzene rings is 2. The number of nitrogens with two attached hydrogens (primary N) is 1. The first-order valence-corrected chi connectivity index (χ1v) is 6.19. The van der Waals surface area contributed by atoms with Crippen molar-refractivity contribution in [2.45, 2.75) is 12.5 Å². The molecule has 0 spiro atoms. The largest absolute Gasteiger partial charge is 0.497 e. The van der Waals surface area contributed by atoms with Gasteiger partial charge in [-0.15, -0.1) is 0 Å². The number of amidine groups is 1. The Morgan fingerprint density at radius 2 is 1.90 bits per heavy atom. The van der Waals surface area contributed by atoms with Crippen LogP contribution in [0.2, 0.25) is 0 Å². The molecule has 0 aliphatic carbocycles. The number of carbonyl (C=O) groups is 1. The summed E-state index contributed by atoms with van der Waals surface area (Å²) < 4.78 is 10.6. The van der Waals surface area contributed by atoms with Crippen LogP contribution < -0.4 is 10.5 Å². The molecule has 2 N–H and O–H groups in total. The van der Waals surface area contributed by atoms with Crippen LogP contribution in [0.1, 0.15) is 12.5 Å². The fraction of sp³-hybridized carbons (Fsp3) is 0.200. The standard InChI is InChI=1S/C15H14N2O3/c1-15(13(18)17-14(16)20-15)11-5-3-10-8-12(19-2)6-4-9(10)7-11/h3-8H,1-2H3,(H2,16,17,18). The molecule has 1 amide bonds. The Labute approximate surface area is 116 Å². The van der Waals surface area contributed by atoms with Gasteiger partial charge in [0.05, 0.1) is 7.11 Å². The number of amides is 1. The molecule has 0 fully saturated rings. The Kier molecular flexibility index (Phi) is 2.64. The molecule has 102 valence electrons. The number of methoxy groups -OCH3 is 1. The highest BCUT2D eigenvalue weighted by Crippen LogP contribution is 2.33. The molecular weight excluding hydrogens is 256 g/mol. The van der Waals surface area contributed by atoms with E-state index in [4.69, 9.17) is 15.2 Å². The predicted molar refractivity (Wildman–Crippen MR) is 75.6 cm³/mol. The summed E-state index contributed by atoms with van der Waals surface area (Å²) in [6.07, 6.45) is 0. The average Bonchev–Trinajstić information content (AvgIpc) is 2.71. The van der Waals surface area contributed by atoms with Gasteiger partial charge >= 0.3 is 0 Å². The zero-order valence-electron chi connectivity index (χ0n) is 11.2. The van der Waals surface area contributed by atoms with Crippen LogP contribution in [-0.2, 0) is 15.1 Å². The molecule has 0 aromatic heterocycles. The van der Waals surface area contributed by atoms with Crippen molar-refractivity contribution in [2.24, 2.45) is 10.7 Å². The van der Waals surface area contributed by atoms with Crippen molar-refractivity contribution in [1.29, 1.82) is 0 Å². The minimum atomic E-state index is -1.14. The number of hydrogen-bond donors (Lipinski definition) is 1. The first-order valence-electron chi connectivity index (χ1n) is 6.19. The molecule has 0 saturated heterocycles. The first-order chi connectivity index (χ1) is 9.53. The molecule has 0 bridgehead atoms. The average molecular weight is 270 g/mol. The van der Waals surface area contributed by atoms with E-state index in [-0.39, 0.29) is 11.9 Å². The van der Waals surface area contributed by atoms with Crippen LogP contribution in [0.5, 0.6) is 5.75 Å². The lowest BCUT2D eigenvalue weighted by atomic mass is 9.93. The molecule has 5 heteroatoms. The van der Waals surface area contributed by atoms with Gasteiger partial charge in [0, 0.05) is 5.56 Å². The maximum atomic E-state index is 11.9. The summed E-state index contributed by atoms with van der Waals surface area (Å²) in [7, 11) is 1.63. The second-order valence-corrected chi connectivity index (χ2v) is 4.82. The summed E-state index contributed by atoms with van der Waals surface area (Å²) in [4.78, 5) is 15.6. The van der Waals surface area contributed by atoms with Crippen molar-refractivity contribution in [3.63, 3.8) is 0 Å². The van der Waals surface area contributed by atoms with Gasteiger partial charge < -0.3 is 15.2 Å². The van der Waals surface area contributed by atoms with Crippen molar-refractivity contribution in [3.05, 3.63) is 42.0 Å². The van der Waals surface area contributed by atoms with Crippen molar-refractivity contribution < 1.29 is 14.3 Å². The third-order valence-electron chi connectivity index (χ3n) is 3.53. The van der Waals surface area contributed by atoms with Crippen LogP contribution in [0.3, 0.4) is 0 Å². The second-order valence-electron chi connectivity index (χ2n) is 4.82. The topological polar surface area (TPSA) is 73.9 Å². The highest BCUT2D eigenvalue weighted by molar-refractivity contribution is 6.01. The number of hydrogen-bond acceptors (Lipinski definition) is 4. The molecule has 1 unspecified atom stereocenters. The van der Waals surface area contributed by atoms with Crippen molar-refractivity contribution in [2.75, 3.05) is 7.11 Å². The van der Waals surface area contributed by atoms with Gasteiger partial charge in [0.1, 0.15) is 5.75 Å². The number of fused-ring (bicyclic) bond motifs is 1. The predicted octanol–water partition coefficient (Wildman–Crippen LogP) is 1.94. The van der Waals surface area contributed by atoms with Gasteiger partial charge in [-0.25, -0.2) is 0 Å². The third kappa shape index (κ3) is 1.79. The molecule has 1 aliphatic rings. The van der Waals surface area contributed by atoms with Gasteiger partial charge in [-0.2, -0.15) is 4.99 Å². The highest BCUT2D eigenvalue weighted by atomic mass is 16.5. The lowest BCUT2D eigenvalue weighted by Crippen LogP contribution is -2.31. The fourth-order valence-electron chi connectivity index (χ4n) is 2.31. The van der Waals surface area contributed by atoms with Crippen molar-refractivity contribution in [3.8, 4) is 5.75 Å². The van der Waals surface area contributed by atoms with E-state index in [2.05, 4.69) is 4.99 Å². The number of nitrogens with zero attached hydrogens (tertiary/aromatic N) is 1. The van der Waals surface area contributed by atoms with E-state index in [0.717, 1.165) is 22.1 Å². The van der Waals surface area contributed by atoms with E-state index in [1.165, 1.54) is 0 Å². The molecule has 1 atom stereocenters. The van der Waals surface area contributed by atoms with Gasteiger partial charge in [-0.1, -0.05) is 18.2 Å². The molecular formula is C15H14N2O3. The van der Waals surface area contributed by atoms with E-state index in [9.17, 15) is 4.79 Å². The molecule has 3 rings (SSSR count). The van der Waals surface area contributed by atoms with Gasteiger partial charge in [0.25, 0.3) is 11.9 Å². The summed E-state index contributed by atoms with van der Waals surface area (Å²) in [5.74, 6) is 0.403. The maximum Gasteiger partial charge on any atom is 0.298 e. The Hall–Kier alpha value is -2.56. The minimum absolute atomic E-state index is 0.0904. The summed E-state index contributed by atoms with van der Waals surface area (Å²) in [5.41, 5.74) is 5.06. The van der Waals surface area contributed by atoms with Crippen LogP contribution in [0.4, 0.5) is 0 Å². The highest BCUT2D eigenvalue weighted by Gasteiger charge is 2.43. The first kappa shape index (κ1) is 12.5. The lowest BCUT2D eigenvalue weighted by Gasteiger charge is -2.21. The number of carbonyl (C=O) groups excluding carboxylic acids is 1. The fourth-order valence-corrected chi connectivity index (χ4v) is 2.31. The van der Waals surface area contributed by atoms with Crippen LogP contribution in [0.15, 0.2) is 41.4 Å². The zero-order valence-corrected chi connectivity index (χ0v) is 11.2. The molecule has 20 heavy (non-hydrogen) atoms. The number of rotatable bonds is 2. The molecule has 0 saturated carbocycles. The maximum absolute atomic E-state index is 11.9. The van der Waals surface area contributed by atoms with Crippen molar-refractivity contribution in [1.82, 2.24) is 0 Å². The second kappa shape index (κ2) is 4.23. The smallest absolute Gasteiger partial charge is 0.298 e. The third-order valence-corrected chi connectivity index (χ3v) is 3.53. The molecule has 2 aromatic carbocycles. The minimum Gasteiger partial charge on any atom is -0.497 e. The van der Waals surface area contributed by atoms with Gasteiger partial charge in [-0.3, -0.25) is 4.79 Å². The molecule has 2 aromatic rings. The Morgan fingerprint density at radius 3 is 2.55 bits per heavy atom. The Bertz CT molecular complexity index is 739. The SMILES string of the molecule is COc1ccc2cc(C3(C)OC(N)=NC3=O)ccc2c1. The lowest BCUT2D eigenvalue weighted by molar-refractivity contribution is -0.130. The summed E-state index contributed by atoms with van der Waals surface area (Å²) in [6, 6.07) is 11.3. The number of ether oxygens (including phenoxy) is 2. The van der Waals surface area contributed by atoms with Crippen LogP contribution in [-0.4, -0.2) is 19.0 Å². The number of aliphatic imine (C=N–C) groups is 1. The monoisotopic (exact) mass is 270 g/mol. The molecule has 1 heterocycles. The van der Waals surface area contributed by atoms with E-state index >= 15 is 0 Å². The summed E-state index contributed by atoms with van der Waals surface area (Å²) >= 11 is 0. The zero-order chi connectivity index (χ0) is 14.3. The normalized spacial score (nSPS) is 21.7. The Morgan fingerprint density at radius 1 is 1.20 bits per heavy atom. The summed E-state index contributed by atoms with van der Waals surface area (Å²) in [5, 5.41) is 2.02. The summed E-state index contributed by atoms with van der Waals surface area (Å²) in [6.45, 7) is 1.67. The molecule has 5 nitrogen and oxygen atoms in total. The van der Waals surface area contributed by atoms with Gasteiger partial charge in [0.15, 0.2) is 0 Å². The Balaban J connectivity index is 2.08. The van der Waals surface area contributed by atoms with Gasteiger partial charge in [0.2, 0.25) is 5.60 Å². The van der Waals surface area contributed by atoms with E-state index in [0.29, 0.717) is 0 Å². The van der Waals surface area contributed by atoms with Crippen molar-refractivity contribution >= 4 is 22.7 Å². The quantitative estimate of drug-likeness (QED) is 0.905. The van der Waals surface area contributed by atoms with Crippen LogP contribution in [0.25, 0.3) is 10.8 Å². The van der Waals surface area contributed by atoms with E-state index in [1.54, 1.807) is 14.0 Å². The van der Waals surface area contributed by atoms with Crippen LogP contribution >= 0.6 is 0 Å². The molecule has 1 aliphatic heterocycles. The van der Waals surface area contributed by atoms with Crippen LogP contribution in [0, 0.1) is 0 Å². The molecule has 0 radical (unpaired) electrons. The van der Waals surface area contributed by atoms with E-state index in [1.807, 2.05) is 36.4 Å². The van der Waals surface area contributed by atoms with E-state index < -0.39 is 5.60 Å².